The van der Waals surface area contributed by atoms with Gasteiger partial charge in [-0.05, 0) is 86.0 Å². The zero-order valence-corrected chi connectivity index (χ0v) is 40.2. The molecule has 0 bridgehead atoms. The van der Waals surface area contributed by atoms with Crippen LogP contribution in [0.25, 0.3) is 72.2 Å². The van der Waals surface area contributed by atoms with Gasteiger partial charge in [0.25, 0.3) is 0 Å². The van der Waals surface area contributed by atoms with Crippen LogP contribution in [0.15, 0.2) is 261 Å². The Hall–Kier alpha value is -9.05. The topological polar surface area (TPSA) is 20.5 Å². The first-order valence-corrected chi connectivity index (χ1v) is 25.1. The van der Waals surface area contributed by atoms with Crippen molar-refractivity contribution in [3.8, 4) is 55.9 Å². The van der Waals surface area contributed by atoms with Crippen LogP contribution < -0.4 is 4.90 Å². The first-order chi connectivity index (χ1) is 35.5. The number of aromatic nitrogens is 2. The van der Waals surface area contributed by atoms with E-state index in [1.165, 1.54) is 55.6 Å². The fraction of sp³-hybridized carbons (Fsp3) is 0.0580. The van der Waals surface area contributed by atoms with Crippen molar-refractivity contribution in [2.45, 2.75) is 24.7 Å². The van der Waals surface area contributed by atoms with Crippen LogP contribution in [-0.4, -0.2) is 9.61 Å². The monoisotopic (exact) mass is 919 g/mol. The van der Waals surface area contributed by atoms with E-state index in [1.807, 2.05) is 0 Å². The first kappa shape index (κ1) is 41.9. The van der Waals surface area contributed by atoms with Crippen LogP contribution in [0.1, 0.15) is 47.2 Å². The molecule has 0 saturated carbocycles. The summed E-state index contributed by atoms with van der Waals surface area (Å²) in [5.41, 5.74) is 22.7. The number of rotatable bonds is 8. The van der Waals surface area contributed by atoms with Crippen molar-refractivity contribution in [1.29, 1.82) is 0 Å². The molecule has 14 rings (SSSR count). The summed E-state index contributed by atoms with van der Waals surface area (Å²) >= 11 is 0. The molecular weight excluding hydrogens is 871 g/mol. The van der Waals surface area contributed by atoms with Gasteiger partial charge in [0.1, 0.15) is 5.69 Å². The molecule has 2 aliphatic carbocycles. The van der Waals surface area contributed by atoms with E-state index in [0.29, 0.717) is 0 Å². The summed E-state index contributed by atoms with van der Waals surface area (Å²) in [7, 11) is 0. The lowest BCUT2D eigenvalue weighted by atomic mass is 9.68. The van der Waals surface area contributed by atoms with Gasteiger partial charge in [-0.15, -0.1) is 0 Å². The molecule has 3 heteroatoms. The Labute approximate surface area is 420 Å². The number of hydrogen-bond donors (Lipinski definition) is 0. The van der Waals surface area contributed by atoms with Gasteiger partial charge in [0.15, 0.2) is 0 Å². The van der Waals surface area contributed by atoms with Crippen molar-refractivity contribution < 1.29 is 0 Å². The lowest BCUT2D eigenvalue weighted by molar-refractivity contribution is 0.660. The molecule has 0 saturated heterocycles. The highest BCUT2D eigenvalue weighted by Gasteiger charge is 2.47. The van der Waals surface area contributed by atoms with Gasteiger partial charge in [-0.2, -0.15) is 5.10 Å². The van der Waals surface area contributed by atoms with E-state index in [4.69, 9.17) is 5.10 Å². The molecule has 2 heterocycles. The average molecular weight is 920 g/mol. The van der Waals surface area contributed by atoms with Gasteiger partial charge in [-0.25, -0.2) is 4.52 Å². The predicted molar refractivity (Wildman–Crippen MR) is 299 cm³/mol. The third kappa shape index (κ3) is 6.07. The van der Waals surface area contributed by atoms with Crippen LogP contribution >= 0.6 is 0 Å². The minimum atomic E-state index is -0.570. The Morgan fingerprint density at radius 3 is 1.58 bits per heavy atom. The molecule has 2 aromatic heterocycles. The second-order valence-corrected chi connectivity index (χ2v) is 19.8. The van der Waals surface area contributed by atoms with E-state index in [2.05, 4.69) is 284 Å². The molecule has 0 spiro atoms. The SMILES string of the molecule is CC1(C)c2ccccc2-c2ccc(N(c3cccc4c3-c3ccccc3C4(c3ccccc3)c3ccccc3)c3cccc4c3cc(-c3ccccc3)n3nc(-c5ccccc5)c(-c5ccccc5)c43)cc21. The van der Waals surface area contributed by atoms with Crippen LogP contribution in [0.4, 0.5) is 17.1 Å². The molecule has 0 atom stereocenters. The molecule has 0 fully saturated rings. The summed E-state index contributed by atoms with van der Waals surface area (Å²) in [4.78, 5) is 2.57. The largest absolute Gasteiger partial charge is 0.309 e. The molecule has 3 nitrogen and oxygen atoms in total. The standard InChI is InChI=1S/C69H49N3/c1-68(2)57-37-20-18-34-52(57)53-43-42-51(44-60(53)68)71(62-41-23-39-59-65(62)55-35-19-21-38-58(55)69(59,49-30-14-6-15-31-49)50-32-16-7-17-33-50)61-40-22-36-54-56(61)45-63(46-24-8-3-9-25-46)72-67(54)64(47-26-10-4-11-27-47)66(70-72)48-28-12-5-13-29-48/h3-45H,1-2H3. The number of nitrogens with zero attached hydrogens (tertiary/aromatic N) is 3. The maximum absolute atomic E-state index is 5.60. The van der Waals surface area contributed by atoms with Crippen LogP contribution in [0.5, 0.6) is 0 Å². The molecular formula is C69H49N3. The van der Waals surface area contributed by atoms with Crippen molar-refractivity contribution in [2.75, 3.05) is 4.90 Å². The van der Waals surface area contributed by atoms with Crippen molar-refractivity contribution in [1.82, 2.24) is 9.61 Å². The van der Waals surface area contributed by atoms with Crippen LogP contribution in [0.3, 0.4) is 0 Å². The van der Waals surface area contributed by atoms with Gasteiger partial charge in [0.2, 0.25) is 0 Å². The van der Waals surface area contributed by atoms with Crippen molar-refractivity contribution >= 4 is 33.4 Å². The zero-order chi connectivity index (χ0) is 48.0. The Morgan fingerprint density at radius 2 is 0.903 bits per heavy atom. The number of pyridine rings is 1. The third-order valence-electron chi connectivity index (χ3n) is 15.7. The first-order valence-electron chi connectivity index (χ1n) is 25.1. The molecule has 0 unspecified atom stereocenters. The molecule has 72 heavy (non-hydrogen) atoms. The highest BCUT2D eigenvalue weighted by molar-refractivity contribution is 6.14. The van der Waals surface area contributed by atoms with Gasteiger partial charge < -0.3 is 4.90 Å². The summed E-state index contributed by atoms with van der Waals surface area (Å²) in [5.74, 6) is 0. The van der Waals surface area contributed by atoms with E-state index in [1.54, 1.807) is 0 Å². The molecule has 0 aliphatic heterocycles. The maximum Gasteiger partial charge on any atom is 0.101 e. The van der Waals surface area contributed by atoms with Crippen LogP contribution in [0.2, 0.25) is 0 Å². The average Bonchev–Trinajstić information content (AvgIpc) is 4.07. The minimum absolute atomic E-state index is 0.212. The quantitative estimate of drug-likeness (QED) is 0.151. The normalized spacial score (nSPS) is 13.6. The predicted octanol–water partition coefficient (Wildman–Crippen LogP) is 17.6. The van der Waals surface area contributed by atoms with Gasteiger partial charge >= 0.3 is 0 Å². The molecule has 0 radical (unpaired) electrons. The van der Waals surface area contributed by atoms with E-state index >= 15 is 0 Å². The molecule has 12 aromatic rings. The molecule has 2 aliphatic rings. The van der Waals surface area contributed by atoms with E-state index in [0.717, 1.165) is 67.0 Å². The Bertz CT molecular complexity index is 4000. The lowest BCUT2D eigenvalue weighted by Gasteiger charge is -2.34. The number of anilines is 3. The summed E-state index contributed by atoms with van der Waals surface area (Å²) < 4.78 is 2.20. The second kappa shape index (κ2) is 16.3. The fourth-order valence-corrected chi connectivity index (χ4v) is 12.5. The molecule has 0 amide bonds. The van der Waals surface area contributed by atoms with Crippen molar-refractivity contribution in [2.24, 2.45) is 0 Å². The highest BCUT2D eigenvalue weighted by atomic mass is 15.2. The summed E-state index contributed by atoms with van der Waals surface area (Å²) in [6.07, 6.45) is 0. The van der Waals surface area contributed by atoms with Gasteiger partial charge in [0.05, 0.1) is 28.0 Å². The number of benzene rings is 10. The second-order valence-electron chi connectivity index (χ2n) is 19.8. The fourth-order valence-electron chi connectivity index (χ4n) is 12.5. The van der Waals surface area contributed by atoms with Crippen LogP contribution in [-0.2, 0) is 10.8 Å². The van der Waals surface area contributed by atoms with Gasteiger partial charge in [-0.1, -0.05) is 244 Å². The van der Waals surface area contributed by atoms with Crippen LogP contribution in [0, 0.1) is 0 Å². The van der Waals surface area contributed by atoms with Crippen molar-refractivity contribution in [3.05, 3.63) is 294 Å². The number of hydrogen-bond acceptors (Lipinski definition) is 2. The summed E-state index contributed by atoms with van der Waals surface area (Å²) in [5, 5.41) is 7.85. The smallest absolute Gasteiger partial charge is 0.101 e. The van der Waals surface area contributed by atoms with Gasteiger partial charge in [-0.3, -0.25) is 0 Å². The number of fused-ring (bicyclic) bond motifs is 9. The van der Waals surface area contributed by atoms with Crippen molar-refractivity contribution in [3.63, 3.8) is 0 Å². The Balaban J connectivity index is 1.13. The summed E-state index contributed by atoms with van der Waals surface area (Å²) in [6.45, 7) is 4.76. The molecule has 340 valence electrons. The van der Waals surface area contributed by atoms with E-state index in [9.17, 15) is 0 Å². The third-order valence-corrected chi connectivity index (χ3v) is 15.7. The summed E-state index contributed by atoms with van der Waals surface area (Å²) in [6, 6.07) is 96.0. The van der Waals surface area contributed by atoms with E-state index in [-0.39, 0.29) is 5.41 Å². The molecule has 10 aromatic carbocycles. The Morgan fingerprint density at radius 1 is 0.375 bits per heavy atom. The Kier molecular flexibility index (Phi) is 9.46. The highest BCUT2D eigenvalue weighted by Crippen LogP contribution is 2.60. The van der Waals surface area contributed by atoms with Gasteiger partial charge in [0, 0.05) is 44.1 Å². The zero-order valence-electron chi connectivity index (χ0n) is 40.2. The maximum atomic E-state index is 5.60. The molecule has 0 N–H and O–H groups in total. The minimum Gasteiger partial charge on any atom is -0.309 e. The van der Waals surface area contributed by atoms with E-state index < -0.39 is 5.41 Å². The lowest BCUT2D eigenvalue weighted by Crippen LogP contribution is -2.28.